The monoisotopic (exact) mass is 308 g/mol. The summed E-state index contributed by atoms with van der Waals surface area (Å²) in [5.74, 6) is 0.754. The summed E-state index contributed by atoms with van der Waals surface area (Å²) < 4.78 is 7.74. The third-order valence-electron chi connectivity index (χ3n) is 4.71. The third-order valence-corrected chi connectivity index (χ3v) is 4.71. The lowest BCUT2D eigenvalue weighted by Crippen LogP contribution is -2.37. The van der Waals surface area contributed by atoms with E-state index >= 15 is 0 Å². The summed E-state index contributed by atoms with van der Waals surface area (Å²) in [6, 6.07) is 0. The quantitative estimate of drug-likeness (QED) is 0.843. The van der Waals surface area contributed by atoms with Gasteiger partial charge in [-0.25, -0.2) is 0 Å². The van der Waals surface area contributed by atoms with Gasteiger partial charge in [-0.05, 0) is 32.9 Å². The maximum absolute atomic E-state index is 10.2. The van der Waals surface area contributed by atoms with Gasteiger partial charge in [0.1, 0.15) is 12.2 Å². The topological polar surface area (TPSA) is 53.8 Å². The smallest absolute Gasteiger partial charge is 0.157 e. The summed E-state index contributed by atoms with van der Waals surface area (Å²) >= 11 is 0. The molecule has 124 valence electrons. The second kappa shape index (κ2) is 7.44. The highest BCUT2D eigenvalue weighted by Crippen LogP contribution is 2.18. The molecule has 0 bridgehead atoms. The maximum Gasteiger partial charge on any atom is 0.157 e. The van der Waals surface area contributed by atoms with Crippen molar-refractivity contribution in [3.05, 3.63) is 12.4 Å². The van der Waals surface area contributed by atoms with E-state index in [2.05, 4.69) is 14.9 Å². The van der Waals surface area contributed by atoms with E-state index in [1.807, 2.05) is 17.8 Å². The first-order chi connectivity index (χ1) is 10.7. The molecule has 0 radical (unpaired) electrons. The number of hydrogen-bond donors (Lipinski definition) is 1. The molecule has 2 aliphatic rings. The summed E-state index contributed by atoms with van der Waals surface area (Å²) in [5.41, 5.74) is 0. The van der Waals surface area contributed by atoms with Crippen LogP contribution >= 0.6 is 0 Å². The zero-order chi connectivity index (χ0) is 15.4. The molecule has 0 amide bonds. The highest BCUT2D eigenvalue weighted by molar-refractivity contribution is 5.13. The van der Waals surface area contributed by atoms with Crippen LogP contribution in [0.15, 0.2) is 12.4 Å². The lowest BCUT2D eigenvalue weighted by Gasteiger charge is -2.28. The SMILES string of the molecule is CCn1cc(O[C@@H]2CN(CCN3CCCCC3)C[C@H]2O)cn1. The van der Waals surface area contributed by atoms with Crippen molar-refractivity contribution in [1.82, 2.24) is 19.6 Å². The van der Waals surface area contributed by atoms with Gasteiger partial charge in [0.25, 0.3) is 0 Å². The zero-order valence-electron chi connectivity index (χ0n) is 13.5. The van der Waals surface area contributed by atoms with E-state index < -0.39 is 6.10 Å². The number of aliphatic hydroxyl groups excluding tert-OH is 1. The first kappa shape index (κ1) is 15.8. The molecule has 3 rings (SSSR count). The number of rotatable bonds is 6. The lowest BCUT2D eigenvalue weighted by atomic mass is 10.1. The first-order valence-corrected chi connectivity index (χ1v) is 8.56. The van der Waals surface area contributed by atoms with Crippen LogP contribution in [-0.4, -0.2) is 76.2 Å². The normalized spacial score (nSPS) is 27.4. The van der Waals surface area contributed by atoms with Crippen molar-refractivity contribution in [3.63, 3.8) is 0 Å². The fourth-order valence-corrected chi connectivity index (χ4v) is 3.35. The van der Waals surface area contributed by atoms with Crippen LogP contribution in [0, 0.1) is 0 Å². The molecule has 22 heavy (non-hydrogen) atoms. The summed E-state index contributed by atoms with van der Waals surface area (Å²) in [6.07, 6.45) is 7.10. The van der Waals surface area contributed by atoms with Crippen molar-refractivity contribution in [3.8, 4) is 5.75 Å². The minimum atomic E-state index is -0.411. The largest absolute Gasteiger partial charge is 0.483 e. The van der Waals surface area contributed by atoms with Gasteiger partial charge in [0, 0.05) is 32.7 Å². The maximum atomic E-state index is 10.2. The summed E-state index contributed by atoms with van der Waals surface area (Å²) in [6.45, 7) is 8.96. The van der Waals surface area contributed by atoms with Gasteiger partial charge in [-0.3, -0.25) is 9.58 Å². The summed E-state index contributed by atoms with van der Waals surface area (Å²) in [7, 11) is 0. The predicted molar refractivity (Wildman–Crippen MR) is 85.1 cm³/mol. The number of likely N-dealkylation sites (tertiary alicyclic amines) is 2. The molecule has 3 heterocycles. The molecule has 1 aromatic heterocycles. The van der Waals surface area contributed by atoms with Gasteiger partial charge in [0.2, 0.25) is 0 Å². The average Bonchev–Trinajstić information content (AvgIpc) is 3.14. The van der Waals surface area contributed by atoms with E-state index in [9.17, 15) is 5.11 Å². The average molecular weight is 308 g/mol. The molecule has 6 heteroatoms. The van der Waals surface area contributed by atoms with Gasteiger partial charge in [0.05, 0.1) is 12.4 Å². The zero-order valence-corrected chi connectivity index (χ0v) is 13.5. The Morgan fingerprint density at radius 2 is 1.95 bits per heavy atom. The highest BCUT2D eigenvalue weighted by atomic mass is 16.5. The van der Waals surface area contributed by atoms with E-state index in [4.69, 9.17) is 4.74 Å². The van der Waals surface area contributed by atoms with Crippen LogP contribution in [0.1, 0.15) is 26.2 Å². The Labute approximate surface area is 132 Å². The van der Waals surface area contributed by atoms with Crippen LogP contribution in [0.25, 0.3) is 0 Å². The molecule has 0 spiro atoms. The van der Waals surface area contributed by atoms with E-state index in [-0.39, 0.29) is 6.10 Å². The molecule has 6 nitrogen and oxygen atoms in total. The van der Waals surface area contributed by atoms with Crippen molar-refractivity contribution in [2.24, 2.45) is 0 Å². The van der Waals surface area contributed by atoms with Crippen molar-refractivity contribution < 1.29 is 9.84 Å². The molecule has 2 saturated heterocycles. The van der Waals surface area contributed by atoms with E-state index in [1.54, 1.807) is 6.20 Å². The Kier molecular flexibility index (Phi) is 5.33. The van der Waals surface area contributed by atoms with Gasteiger partial charge in [-0.15, -0.1) is 0 Å². The van der Waals surface area contributed by atoms with Gasteiger partial charge < -0.3 is 14.7 Å². The van der Waals surface area contributed by atoms with E-state index in [0.29, 0.717) is 6.54 Å². The Morgan fingerprint density at radius 1 is 1.18 bits per heavy atom. The molecule has 1 aromatic rings. The van der Waals surface area contributed by atoms with Crippen LogP contribution in [0.4, 0.5) is 0 Å². The minimum absolute atomic E-state index is 0.143. The fraction of sp³-hybridized carbons (Fsp3) is 0.812. The van der Waals surface area contributed by atoms with Crippen LogP contribution in [0.3, 0.4) is 0 Å². The van der Waals surface area contributed by atoms with Crippen LogP contribution < -0.4 is 4.74 Å². The number of aromatic nitrogens is 2. The molecule has 2 fully saturated rings. The van der Waals surface area contributed by atoms with Crippen molar-refractivity contribution in [1.29, 1.82) is 0 Å². The Balaban J connectivity index is 1.44. The molecule has 0 saturated carbocycles. The highest BCUT2D eigenvalue weighted by Gasteiger charge is 2.33. The molecule has 2 atom stereocenters. The van der Waals surface area contributed by atoms with Crippen LogP contribution in [0.2, 0.25) is 0 Å². The molecule has 0 aromatic carbocycles. The molecule has 0 aliphatic carbocycles. The van der Waals surface area contributed by atoms with E-state index in [1.165, 1.54) is 32.4 Å². The Hall–Kier alpha value is -1.11. The number of aryl methyl sites for hydroxylation is 1. The van der Waals surface area contributed by atoms with Crippen LogP contribution in [-0.2, 0) is 6.54 Å². The Bertz CT molecular complexity index is 459. The van der Waals surface area contributed by atoms with Crippen molar-refractivity contribution in [2.75, 3.05) is 39.3 Å². The van der Waals surface area contributed by atoms with E-state index in [0.717, 1.165) is 31.9 Å². The summed E-state index contributed by atoms with van der Waals surface area (Å²) in [5, 5.41) is 14.4. The Morgan fingerprint density at radius 3 is 2.68 bits per heavy atom. The molecule has 0 unspecified atom stereocenters. The first-order valence-electron chi connectivity index (χ1n) is 8.56. The summed E-state index contributed by atoms with van der Waals surface area (Å²) in [4.78, 5) is 4.85. The number of hydrogen-bond acceptors (Lipinski definition) is 5. The number of β-amino-alcohol motifs (C(OH)–C–C–N with tert-alkyl or cyclic N) is 1. The van der Waals surface area contributed by atoms with Crippen molar-refractivity contribution in [2.45, 2.75) is 44.9 Å². The van der Waals surface area contributed by atoms with Gasteiger partial charge in [0.15, 0.2) is 5.75 Å². The molecular formula is C16H28N4O2. The number of piperidine rings is 1. The molecule has 1 N–H and O–H groups in total. The number of nitrogens with zero attached hydrogens (tertiary/aromatic N) is 4. The standard InChI is InChI=1S/C16H28N4O2/c1-2-20-11-14(10-17-20)22-16-13-19(12-15(16)21)9-8-18-6-4-3-5-7-18/h10-11,15-16,21H,2-9,12-13H2,1H3/t15-,16-/m1/s1. The molecule has 2 aliphatic heterocycles. The third kappa shape index (κ3) is 4.00. The minimum Gasteiger partial charge on any atom is -0.483 e. The van der Waals surface area contributed by atoms with Gasteiger partial charge >= 0.3 is 0 Å². The predicted octanol–water partition coefficient (Wildman–Crippen LogP) is 0.813. The van der Waals surface area contributed by atoms with Crippen molar-refractivity contribution >= 4 is 0 Å². The second-order valence-electron chi connectivity index (χ2n) is 6.42. The van der Waals surface area contributed by atoms with Gasteiger partial charge in [-0.2, -0.15) is 5.10 Å². The molecular weight excluding hydrogens is 280 g/mol. The number of aliphatic hydroxyl groups is 1. The van der Waals surface area contributed by atoms with Gasteiger partial charge in [-0.1, -0.05) is 6.42 Å². The second-order valence-corrected chi connectivity index (χ2v) is 6.42. The van der Waals surface area contributed by atoms with Crippen LogP contribution in [0.5, 0.6) is 5.75 Å². The fourth-order valence-electron chi connectivity index (χ4n) is 3.35. The lowest BCUT2D eigenvalue weighted by molar-refractivity contribution is 0.0736. The number of ether oxygens (including phenoxy) is 1.